The van der Waals surface area contributed by atoms with Crippen molar-refractivity contribution in [3.05, 3.63) is 45.7 Å². The molecular formula is C17H23FIN5OS. The standard InChI is InChI=1S/C17H22FN5OS.HI/c1-11-12(2)25-16(22-11)7-8-20-17(19-3)21-10-15(24)23-14-6-4-5-13(18)9-14;/h4-6,9H,7-8,10H2,1-3H3,(H,23,24)(H2,19,20,21);1H. The second-order valence-electron chi connectivity index (χ2n) is 5.41. The number of hydrogen-bond acceptors (Lipinski definition) is 4. The number of nitrogens with one attached hydrogen (secondary N) is 3. The summed E-state index contributed by atoms with van der Waals surface area (Å²) < 4.78 is 13.1. The van der Waals surface area contributed by atoms with Crippen molar-refractivity contribution in [2.75, 3.05) is 25.5 Å². The summed E-state index contributed by atoms with van der Waals surface area (Å²) in [5, 5.41) is 9.76. The van der Waals surface area contributed by atoms with Gasteiger partial charge in [0.1, 0.15) is 5.82 Å². The molecule has 1 heterocycles. The molecule has 2 aromatic rings. The molecule has 0 atom stereocenters. The first-order valence-corrected chi connectivity index (χ1v) is 8.72. The fourth-order valence-corrected chi connectivity index (χ4v) is 3.02. The van der Waals surface area contributed by atoms with E-state index in [1.807, 2.05) is 6.92 Å². The molecule has 0 aliphatic carbocycles. The fraction of sp³-hybridized carbons (Fsp3) is 0.353. The summed E-state index contributed by atoms with van der Waals surface area (Å²) in [6, 6.07) is 5.76. The molecule has 3 N–H and O–H groups in total. The lowest BCUT2D eigenvalue weighted by atomic mass is 10.3. The van der Waals surface area contributed by atoms with E-state index >= 15 is 0 Å². The summed E-state index contributed by atoms with van der Waals surface area (Å²) in [7, 11) is 1.64. The highest BCUT2D eigenvalue weighted by Crippen LogP contribution is 2.16. The van der Waals surface area contributed by atoms with Crippen LogP contribution in [0.15, 0.2) is 29.3 Å². The number of nitrogens with zero attached hydrogens (tertiary/aromatic N) is 2. The van der Waals surface area contributed by atoms with Crippen molar-refractivity contribution >= 4 is 52.9 Å². The highest BCUT2D eigenvalue weighted by molar-refractivity contribution is 14.0. The van der Waals surface area contributed by atoms with Crippen molar-refractivity contribution < 1.29 is 9.18 Å². The van der Waals surface area contributed by atoms with E-state index in [-0.39, 0.29) is 36.4 Å². The molecule has 0 bridgehead atoms. The minimum atomic E-state index is -0.393. The van der Waals surface area contributed by atoms with Crippen molar-refractivity contribution in [2.24, 2.45) is 4.99 Å². The average molecular weight is 491 g/mol. The Morgan fingerprint density at radius 3 is 2.69 bits per heavy atom. The normalized spacial score (nSPS) is 10.8. The third-order valence-corrected chi connectivity index (χ3v) is 4.59. The van der Waals surface area contributed by atoms with E-state index in [1.54, 1.807) is 30.5 Å². The van der Waals surface area contributed by atoms with Crippen molar-refractivity contribution in [3.63, 3.8) is 0 Å². The highest BCUT2D eigenvalue weighted by atomic mass is 127. The number of halogens is 2. The summed E-state index contributed by atoms with van der Waals surface area (Å²) in [5.74, 6) is -0.144. The van der Waals surface area contributed by atoms with Gasteiger partial charge in [-0.25, -0.2) is 9.37 Å². The molecule has 1 aromatic heterocycles. The van der Waals surface area contributed by atoms with Gasteiger partial charge in [0.25, 0.3) is 0 Å². The molecule has 0 aliphatic heterocycles. The minimum Gasteiger partial charge on any atom is -0.356 e. The van der Waals surface area contributed by atoms with Crippen LogP contribution < -0.4 is 16.0 Å². The molecule has 2 rings (SSSR count). The van der Waals surface area contributed by atoms with Crippen LogP contribution in [0.5, 0.6) is 0 Å². The molecule has 26 heavy (non-hydrogen) atoms. The number of hydrogen-bond donors (Lipinski definition) is 3. The lowest BCUT2D eigenvalue weighted by molar-refractivity contribution is -0.115. The molecule has 6 nitrogen and oxygen atoms in total. The zero-order valence-corrected chi connectivity index (χ0v) is 18.1. The quantitative estimate of drug-likeness (QED) is 0.330. The van der Waals surface area contributed by atoms with Gasteiger partial charge >= 0.3 is 0 Å². The van der Waals surface area contributed by atoms with Crippen LogP contribution in [-0.2, 0) is 11.2 Å². The van der Waals surface area contributed by atoms with Crippen molar-refractivity contribution in [1.29, 1.82) is 0 Å². The zero-order chi connectivity index (χ0) is 18.2. The van der Waals surface area contributed by atoms with E-state index in [4.69, 9.17) is 0 Å². The first-order chi connectivity index (χ1) is 12.0. The lowest BCUT2D eigenvalue weighted by Gasteiger charge is -2.11. The number of carbonyl (C=O) groups excluding carboxylic acids is 1. The van der Waals surface area contributed by atoms with Crippen molar-refractivity contribution in [2.45, 2.75) is 20.3 Å². The number of aryl methyl sites for hydroxylation is 2. The van der Waals surface area contributed by atoms with Gasteiger partial charge in [-0.3, -0.25) is 9.79 Å². The topological polar surface area (TPSA) is 78.4 Å². The first kappa shape index (κ1) is 22.3. The van der Waals surface area contributed by atoms with Crippen LogP contribution in [0.1, 0.15) is 15.6 Å². The molecule has 0 spiro atoms. The second-order valence-corrected chi connectivity index (χ2v) is 6.70. The van der Waals surface area contributed by atoms with Gasteiger partial charge < -0.3 is 16.0 Å². The predicted molar refractivity (Wildman–Crippen MR) is 115 cm³/mol. The number of aliphatic imine (C=N–C) groups is 1. The number of anilines is 1. The van der Waals surface area contributed by atoms with Crippen LogP contribution in [0, 0.1) is 19.7 Å². The number of amides is 1. The van der Waals surface area contributed by atoms with Crippen LogP contribution in [-0.4, -0.2) is 37.0 Å². The van der Waals surface area contributed by atoms with E-state index < -0.39 is 5.82 Å². The smallest absolute Gasteiger partial charge is 0.243 e. The lowest BCUT2D eigenvalue weighted by Crippen LogP contribution is -2.42. The zero-order valence-electron chi connectivity index (χ0n) is 14.9. The van der Waals surface area contributed by atoms with Crippen LogP contribution in [0.4, 0.5) is 10.1 Å². The average Bonchev–Trinajstić information content (AvgIpc) is 2.88. The fourth-order valence-electron chi connectivity index (χ4n) is 2.09. The maximum atomic E-state index is 13.1. The Balaban J connectivity index is 0.00000338. The summed E-state index contributed by atoms with van der Waals surface area (Å²) >= 11 is 1.69. The molecule has 0 unspecified atom stereocenters. The van der Waals surface area contributed by atoms with Gasteiger partial charge in [0.05, 0.1) is 17.2 Å². The number of carbonyl (C=O) groups is 1. The predicted octanol–water partition coefficient (Wildman–Crippen LogP) is 2.86. The van der Waals surface area contributed by atoms with Crippen LogP contribution in [0.3, 0.4) is 0 Å². The van der Waals surface area contributed by atoms with E-state index in [2.05, 4.69) is 32.9 Å². The minimum absolute atomic E-state index is 0. The van der Waals surface area contributed by atoms with Gasteiger partial charge in [0.2, 0.25) is 5.91 Å². The third kappa shape index (κ3) is 7.24. The Hall–Kier alpha value is -1.75. The summed E-state index contributed by atoms with van der Waals surface area (Å²) in [6.07, 6.45) is 0.787. The highest BCUT2D eigenvalue weighted by Gasteiger charge is 2.06. The van der Waals surface area contributed by atoms with Gasteiger partial charge in [0.15, 0.2) is 5.96 Å². The van der Waals surface area contributed by atoms with Gasteiger partial charge in [-0.2, -0.15) is 0 Å². The van der Waals surface area contributed by atoms with Crippen LogP contribution >= 0.6 is 35.3 Å². The number of benzene rings is 1. The van der Waals surface area contributed by atoms with Gasteiger partial charge in [-0.15, -0.1) is 35.3 Å². The monoisotopic (exact) mass is 491 g/mol. The maximum absolute atomic E-state index is 13.1. The van der Waals surface area contributed by atoms with Gasteiger partial charge in [-0.1, -0.05) is 6.07 Å². The van der Waals surface area contributed by atoms with E-state index in [0.29, 0.717) is 18.2 Å². The third-order valence-electron chi connectivity index (χ3n) is 3.45. The van der Waals surface area contributed by atoms with Crippen LogP contribution in [0.2, 0.25) is 0 Å². The molecule has 1 amide bonds. The molecular weight excluding hydrogens is 468 g/mol. The second kappa shape index (κ2) is 11.1. The summed E-state index contributed by atoms with van der Waals surface area (Å²) in [6.45, 7) is 4.76. The first-order valence-electron chi connectivity index (χ1n) is 7.90. The molecule has 0 saturated carbocycles. The number of rotatable bonds is 6. The Morgan fingerprint density at radius 1 is 1.31 bits per heavy atom. The molecule has 0 fully saturated rings. The maximum Gasteiger partial charge on any atom is 0.243 e. The van der Waals surface area contributed by atoms with Crippen LogP contribution in [0.25, 0.3) is 0 Å². The largest absolute Gasteiger partial charge is 0.356 e. The molecule has 0 saturated heterocycles. The summed E-state index contributed by atoms with van der Waals surface area (Å²) in [5.41, 5.74) is 1.49. The van der Waals surface area contributed by atoms with Gasteiger partial charge in [-0.05, 0) is 32.0 Å². The number of aromatic nitrogens is 1. The molecule has 142 valence electrons. The summed E-state index contributed by atoms with van der Waals surface area (Å²) in [4.78, 5) is 21.7. The van der Waals surface area contributed by atoms with Gasteiger partial charge in [0, 0.05) is 30.6 Å². The van der Waals surface area contributed by atoms with Crippen molar-refractivity contribution in [3.8, 4) is 0 Å². The molecule has 0 aliphatic rings. The van der Waals surface area contributed by atoms with E-state index in [9.17, 15) is 9.18 Å². The molecule has 0 radical (unpaired) electrons. The Bertz CT molecular complexity index is 746. The number of thiazole rings is 1. The number of guanidine groups is 1. The van der Waals surface area contributed by atoms with E-state index in [1.165, 1.54) is 17.0 Å². The molecule has 1 aromatic carbocycles. The van der Waals surface area contributed by atoms with E-state index in [0.717, 1.165) is 17.1 Å². The van der Waals surface area contributed by atoms with Crippen molar-refractivity contribution in [1.82, 2.24) is 15.6 Å². The Labute approximate surface area is 173 Å². The molecule has 9 heteroatoms. The Kier molecular flexibility index (Phi) is 9.49. The SMILES string of the molecule is CN=C(NCCc1nc(C)c(C)s1)NCC(=O)Nc1cccc(F)c1.I. The Morgan fingerprint density at radius 2 is 2.08 bits per heavy atom.